The molecule has 2 N–H and O–H groups in total. The highest BCUT2D eigenvalue weighted by atomic mass is 32.1. The van der Waals surface area contributed by atoms with Crippen molar-refractivity contribution in [3.05, 3.63) is 10.9 Å². The molecule has 0 amide bonds. The van der Waals surface area contributed by atoms with Crippen LogP contribution < -0.4 is 10.6 Å². The smallest absolute Gasteiger partial charge is 0.350 e. The normalized spacial score (nSPS) is 23.4. The molecular formula is C14H22N2O2S. The van der Waals surface area contributed by atoms with Gasteiger partial charge in [0.25, 0.3) is 0 Å². The van der Waals surface area contributed by atoms with Gasteiger partial charge in [-0.05, 0) is 31.2 Å². The number of anilines is 2. The molecule has 0 aromatic carbocycles. The number of piperidine rings is 1. The Hall–Kier alpha value is -1.23. The van der Waals surface area contributed by atoms with E-state index in [4.69, 9.17) is 10.5 Å². The monoisotopic (exact) mass is 282 g/mol. The molecular weight excluding hydrogens is 260 g/mol. The maximum atomic E-state index is 11.8. The van der Waals surface area contributed by atoms with Crippen molar-refractivity contribution >= 4 is 28.0 Å². The van der Waals surface area contributed by atoms with E-state index in [1.54, 1.807) is 6.92 Å². The van der Waals surface area contributed by atoms with Crippen LogP contribution in [0.4, 0.5) is 10.7 Å². The highest BCUT2D eigenvalue weighted by molar-refractivity contribution is 7.18. The molecule has 0 spiro atoms. The lowest BCUT2D eigenvalue weighted by Crippen LogP contribution is -2.37. The molecule has 2 heterocycles. The molecule has 4 nitrogen and oxygen atoms in total. The SMILES string of the molecule is CCOC(=O)c1sc(N2CCC(C)C(C)C2)cc1N. The lowest BCUT2D eigenvalue weighted by molar-refractivity contribution is 0.0533. The van der Waals surface area contributed by atoms with Crippen molar-refractivity contribution in [2.24, 2.45) is 11.8 Å². The molecule has 0 radical (unpaired) electrons. The Morgan fingerprint density at radius 2 is 2.26 bits per heavy atom. The maximum Gasteiger partial charge on any atom is 0.350 e. The van der Waals surface area contributed by atoms with Crippen LogP contribution in [0, 0.1) is 11.8 Å². The molecule has 1 fully saturated rings. The number of rotatable bonds is 3. The third kappa shape index (κ3) is 3.03. The number of thiophene rings is 1. The second-order valence-electron chi connectivity index (χ2n) is 5.28. The van der Waals surface area contributed by atoms with Gasteiger partial charge in [-0.3, -0.25) is 0 Å². The third-order valence-corrected chi connectivity index (χ3v) is 5.05. The number of hydrogen-bond donors (Lipinski definition) is 1. The van der Waals surface area contributed by atoms with Crippen LogP contribution in [0.25, 0.3) is 0 Å². The number of ether oxygens (including phenoxy) is 1. The zero-order valence-electron chi connectivity index (χ0n) is 11.8. The van der Waals surface area contributed by atoms with Gasteiger partial charge < -0.3 is 15.4 Å². The summed E-state index contributed by atoms with van der Waals surface area (Å²) in [4.78, 5) is 14.6. The van der Waals surface area contributed by atoms with Crippen molar-refractivity contribution in [3.63, 3.8) is 0 Å². The standard InChI is InChI=1S/C14H22N2O2S/c1-4-18-14(17)13-11(15)7-12(19-13)16-6-5-9(2)10(3)8-16/h7,9-10H,4-6,8,15H2,1-3H3. The molecule has 1 aliphatic rings. The zero-order chi connectivity index (χ0) is 14.0. The van der Waals surface area contributed by atoms with E-state index in [1.165, 1.54) is 17.8 Å². The molecule has 1 saturated heterocycles. The van der Waals surface area contributed by atoms with Gasteiger partial charge in [-0.2, -0.15) is 0 Å². The zero-order valence-corrected chi connectivity index (χ0v) is 12.6. The van der Waals surface area contributed by atoms with Crippen LogP contribution in [0.5, 0.6) is 0 Å². The van der Waals surface area contributed by atoms with Crippen molar-refractivity contribution < 1.29 is 9.53 Å². The minimum atomic E-state index is -0.310. The molecule has 2 unspecified atom stereocenters. The first kappa shape index (κ1) is 14.2. The van der Waals surface area contributed by atoms with Crippen molar-refractivity contribution in [3.8, 4) is 0 Å². The predicted molar refractivity (Wildman–Crippen MR) is 79.8 cm³/mol. The summed E-state index contributed by atoms with van der Waals surface area (Å²) in [5.41, 5.74) is 6.46. The molecule has 0 saturated carbocycles. The summed E-state index contributed by atoms with van der Waals surface area (Å²) in [7, 11) is 0. The molecule has 1 aliphatic heterocycles. The van der Waals surface area contributed by atoms with Gasteiger partial charge >= 0.3 is 5.97 Å². The molecule has 1 aromatic rings. The van der Waals surface area contributed by atoms with Crippen molar-refractivity contribution in [1.82, 2.24) is 0 Å². The average Bonchev–Trinajstić information content (AvgIpc) is 2.75. The number of carbonyl (C=O) groups is 1. The number of nitrogens with two attached hydrogens (primary N) is 1. The summed E-state index contributed by atoms with van der Waals surface area (Å²) in [6.45, 7) is 8.83. The van der Waals surface area contributed by atoms with Crippen LogP contribution in [0.1, 0.15) is 36.9 Å². The fraction of sp³-hybridized carbons (Fsp3) is 0.643. The van der Waals surface area contributed by atoms with E-state index in [0.717, 1.165) is 24.0 Å². The third-order valence-electron chi connectivity index (χ3n) is 3.85. The van der Waals surface area contributed by atoms with E-state index in [0.29, 0.717) is 23.1 Å². The molecule has 1 aromatic heterocycles. The second kappa shape index (κ2) is 5.82. The van der Waals surface area contributed by atoms with Crippen molar-refractivity contribution in [2.45, 2.75) is 27.2 Å². The molecule has 0 bridgehead atoms. The second-order valence-corrected chi connectivity index (χ2v) is 6.31. The van der Waals surface area contributed by atoms with Gasteiger partial charge in [0.2, 0.25) is 0 Å². The van der Waals surface area contributed by atoms with Gasteiger partial charge in [0.15, 0.2) is 0 Å². The Balaban J connectivity index is 2.14. The summed E-state index contributed by atoms with van der Waals surface area (Å²) in [5, 5.41) is 1.08. The van der Waals surface area contributed by atoms with Crippen LogP contribution in [-0.4, -0.2) is 25.7 Å². The first-order chi connectivity index (χ1) is 9.02. The molecule has 2 rings (SSSR count). The summed E-state index contributed by atoms with van der Waals surface area (Å²) in [5.74, 6) is 1.12. The maximum absolute atomic E-state index is 11.8. The first-order valence-electron chi connectivity index (χ1n) is 6.84. The van der Waals surface area contributed by atoms with Gasteiger partial charge in [0, 0.05) is 13.1 Å². The van der Waals surface area contributed by atoms with Crippen molar-refractivity contribution in [2.75, 3.05) is 30.3 Å². The van der Waals surface area contributed by atoms with Gasteiger partial charge in [-0.1, -0.05) is 13.8 Å². The van der Waals surface area contributed by atoms with E-state index in [1.807, 2.05) is 6.07 Å². The number of hydrogen-bond acceptors (Lipinski definition) is 5. The van der Waals surface area contributed by atoms with E-state index >= 15 is 0 Å². The largest absolute Gasteiger partial charge is 0.462 e. The summed E-state index contributed by atoms with van der Waals surface area (Å²) in [6, 6.07) is 1.90. The molecule has 19 heavy (non-hydrogen) atoms. The van der Waals surface area contributed by atoms with Crippen LogP contribution in [0.2, 0.25) is 0 Å². The fourth-order valence-corrected chi connectivity index (χ4v) is 3.38. The highest BCUT2D eigenvalue weighted by Crippen LogP contribution is 2.36. The van der Waals surface area contributed by atoms with Gasteiger partial charge in [0.05, 0.1) is 17.3 Å². The van der Waals surface area contributed by atoms with E-state index in [9.17, 15) is 4.79 Å². The number of esters is 1. The average molecular weight is 282 g/mol. The Morgan fingerprint density at radius 3 is 2.89 bits per heavy atom. The molecule has 2 atom stereocenters. The van der Waals surface area contributed by atoms with Crippen molar-refractivity contribution in [1.29, 1.82) is 0 Å². The van der Waals surface area contributed by atoms with E-state index in [-0.39, 0.29) is 5.97 Å². The summed E-state index contributed by atoms with van der Waals surface area (Å²) in [6.07, 6.45) is 1.19. The quantitative estimate of drug-likeness (QED) is 0.866. The van der Waals surface area contributed by atoms with Crippen LogP contribution in [-0.2, 0) is 4.74 Å². The van der Waals surface area contributed by atoms with E-state index < -0.39 is 0 Å². The Bertz CT molecular complexity index is 458. The van der Waals surface area contributed by atoms with E-state index in [2.05, 4.69) is 18.7 Å². The topological polar surface area (TPSA) is 55.6 Å². The molecule has 106 valence electrons. The lowest BCUT2D eigenvalue weighted by Gasteiger charge is -2.35. The summed E-state index contributed by atoms with van der Waals surface area (Å²) >= 11 is 1.44. The molecule has 5 heteroatoms. The Morgan fingerprint density at radius 1 is 1.53 bits per heavy atom. The number of nitrogens with zero attached hydrogens (tertiary/aromatic N) is 1. The number of nitrogen functional groups attached to an aromatic ring is 1. The van der Waals surface area contributed by atoms with Gasteiger partial charge in [0.1, 0.15) is 4.88 Å². The van der Waals surface area contributed by atoms with Crippen LogP contribution in [0.3, 0.4) is 0 Å². The highest BCUT2D eigenvalue weighted by Gasteiger charge is 2.25. The van der Waals surface area contributed by atoms with Gasteiger partial charge in [-0.25, -0.2) is 4.79 Å². The minimum Gasteiger partial charge on any atom is -0.462 e. The molecule has 0 aliphatic carbocycles. The fourth-order valence-electron chi connectivity index (χ4n) is 2.37. The first-order valence-corrected chi connectivity index (χ1v) is 7.66. The van der Waals surface area contributed by atoms with Crippen LogP contribution >= 0.6 is 11.3 Å². The van der Waals surface area contributed by atoms with Gasteiger partial charge in [-0.15, -0.1) is 11.3 Å². The predicted octanol–water partition coefficient (Wildman–Crippen LogP) is 2.99. The van der Waals surface area contributed by atoms with Crippen LogP contribution in [0.15, 0.2) is 6.07 Å². The lowest BCUT2D eigenvalue weighted by atomic mass is 9.89. The Kier molecular flexibility index (Phi) is 4.34. The number of carbonyl (C=O) groups excluding carboxylic acids is 1. The minimum absolute atomic E-state index is 0.310. The summed E-state index contributed by atoms with van der Waals surface area (Å²) < 4.78 is 5.02. The Labute approximate surface area is 118 Å².